The largest absolute Gasteiger partial charge is 0.378 e. The van der Waals surface area contributed by atoms with Crippen molar-refractivity contribution >= 4 is 33.0 Å². The number of nitrogens with two attached hydrogens (primary N) is 1. The van der Waals surface area contributed by atoms with Gasteiger partial charge in [-0.1, -0.05) is 0 Å². The minimum Gasteiger partial charge on any atom is -0.378 e. The summed E-state index contributed by atoms with van der Waals surface area (Å²) >= 11 is 3.40. The number of nitrogen functional groups attached to an aromatic ring is 1. The number of hydrogen-bond donors (Lipinski definition) is 1. The number of halogens is 1. The van der Waals surface area contributed by atoms with Gasteiger partial charge in [0.2, 0.25) is 5.95 Å². The Bertz CT molecular complexity index is 583. The van der Waals surface area contributed by atoms with Crippen molar-refractivity contribution in [2.75, 3.05) is 12.3 Å². The highest BCUT2D eigenvalue weighted by Crippen LogP contribution is 2.31. The van der Waals surface area contributed by atoms with Gasteiger partial charge in [0, 0.05) is 23.3 Å². The van der Waals surface area contributed by atoms with Crippen molar-refractivity contribution in [2.45, 2.75) is 31.9 Å². The van der Waals surface area contributed by atoms with Gasteiger partial charge in [-0.2, -0.15) is 0 Å². The Balaban J connectivity index is 2.07. The van der Waals surface area contributed by atoms with Gasteiger partial charge in [-0.15, -0.1) is 0 Å². The first-order valence-electron chi connectivity index (χ1n) is 6.05. The number of pyridine rings is 1. The van der Waals surface area contributed by atoms with Crippen LogP contribution in [-0.4, -0.2) is 27.2 Å². The van der Waals surface area contributed by atoms with Crippen LogP contribution in [0.4, 0.5) is 5.95 Å². The predicted molar refractivity (Wildman–Crippen MR) is 73.3 cm³/mol. The van der Waals surface area contributed by atoms with E-state index < -0.39 is 0 Å². The Hall–Kier alpha value is -1.14. The monoisotopic (exact) mass is 310 g/mol. The van der Waals surface area contributed by atoms with Crippen LogP contribution >= 0.6 is 15.9 Å². The molecule has 1 fully saturated rings. The summed E-state index contributed by atoms with van der Waals surface area (Å²) in [6, 6.07) is 2.27. The fraction of sp³-hybridized carbons (Fsp3) is 0.500. The van der Waals surface area contributed by atoms with E-state index in [-0.39, 0.29) is 6.10 Å². The molecule has 1 saturated heterocycles. The second-order valence-corrected chi connectivity index (χ2v) is 5.61. The second kappa shape index (κ2) is 4.51. The van der Waals surface area contributed by atoms with Crippen LogP contribution in [0.25, 0.3) is 11.2 Å². The number of rotatable bonds is 1. The molecule has 2 aromatic rings. The standard InChI is InChI=1S/C12H15BrN4O/c1-7-4-9(2-3-18-7)17-11-10(16-12(17)14)5-8(13)6-15-11/h5-7,9H,2-4H2,1H3,(H2,14,16). The van der Waals surface area contributed by atoms with Crippen molar-refractivity contribution in [3.8, 4) is 0 Å². The lowest BCUT2D eigenvalue weighted by Crippen LogP contribution is -2.26. The number of imidazole rings is 1. The molecule has 2 atom stereocenters. The van der Waals surface area contributed by atoms with Crippen molar-refractivity contribution in [2.24, 2.45) is 0 Å². The van der Waals surface area contributed by atoms with Crippen molar-refractivity contribution in [1.82, 2.24) is 14.5 Å². The first-order valence-corrected chi connectivity index (χ1v) is 6.85. The molecule has 0 aromatic carbocycles. The summed E-state index contributed by atoms with van der Waals surface area (Å²) in [6.45, 7) is 2.85. The van der Waals surface area contributed by atoms with Crippen molar-refractivity contribution in [3.63, 3.8) is 0 Å². The van der Waals surface area contributed by atoms with Crippen LogP contribution < -0.4 is 5.73 Å². The van der Waals surface area contributed by atoms with Gasteiger partial charge in [0.25, 0.3) is 0 Å². The van der Waals surface area contributed by atoms with Gasteiger partial charge >= 0.3 is 0 Å². The molecular formula is C12H15BrN4O. The minimum absolute atomic E-state index is 0.260. The summed E-state index contributed by atoms with van der Waals surface area (Å²) in [5.74, 6) is 0.537. The predicted octanol–water partition coefficient (Wildman–Crippen LogP) is 2.52. The zero-order valence-corrected chi connectivity index (χ0v) is 11.7. The highest BCUT2D eigenvalue weighted by Gasteiger charge is 2.24. The van der Waals surface area contributed by atoms with E-state index in [0.29, 0.717) is 12.0 Å². The molecule has 2 N–H and O–H groups in total. The number of aromatic nitrogens is 3. The maximum atomic E-state index is 6.04. The van der Waals surface area contributed by atoms with Gasteiger partial charge in [-0.3, -0.25) is 4.57 Å². The summed E-state index contributed by atoms with van der Waals surface area (Å²) < 4.78 is 8.53. The number of anilines is 1. The van der Waals surface area contributed by atoms with Crippen LogP contribution in [0.5, 0.6) is 0 Å². The van der Waals surface area contributed by atoms with Gasteiger partial charge in [-0.25, -0.2) is 9.97 Å². The van der Waals surface area contributed by atoms with Crippen LogP contribution in [0, 0.1) is 0 Å². The van der Waals surface area contributed by atoms with Crippen LogP contribution in [0.1, 0.15) is 25.8 Å². The summed E-state index contributed by atoms with van der Waals surface area (Å²) in [6.07, 6.45) is 3.95. The minimum atomic E-state index is 0.260. The van der Waals surface area contributed by atoms with E-state index >= 15 is 0 Å². The van der Waals surface area contributed by atoms with Gasteiger partial charge < -0.3 is 10.5 Å². The lowest BCUT2D eigenvalue weighted by Gasteiger charge is -2.28. The lowest BCUT2D eigenvalue weighted by atomic mass is 10.0. The molecule has 2 aromatic heterocycles. The molecule has 0 saturated carbocycles. The van der Waals surface area contributed by atoms with E-state index in [2.05, 4.69) is 32.8 Å². The summed E-state index contributed by atoms with van der Waals surface area (Å²) in [4.78, 5) is 8.82. The van der Waals surface area contributed by atoms with Gasteiger partial charge in [-0.05, 0) is 41.8 Å². The fourth-order valence-electron chi connectivity index (χ4n) is 2.54. The molecule has 2 unspecified atom stereocenters. The molecule has 0 aliphatic carbocycles. The molecule has 0 bridgehead atoms. The zero-order valence-electron chi connectivity index (χ0n) is 10.1. The molecule has 96 valence electrons. The summed E-state index contributed by atoms with van der Waals surface area (Å²) in [5.41, 5.74) is 7.73. The molecule has 18 heavy (non-hydrogen) atoms. The van der Waals surface area contributed by atoms with Gasteiger partial charge in [0.1, 0.15) is 5.52 Å². The molecular weight excluding hydrogens is 296 g/mol. The normalized spacial score (nSPS) is 24.6. The fourth-order valence-corrected chi connectivity index (χ4v) is 2.86. The average Bonchev–Trinajstić information content (AvgIpc) is 2.64. The van der Waals surface area contributed by atoms with E-state index in [1.807, 2.05) is 10.6 Å². The van der Waals surface area contributed by atoms with E-state index in [1.165, 1.54) is 0 Å². The molecule has 1 aliphatic rings. The number of nitrogens with zero attached hydrogens (tertiary/aromatic N) is 3. The Morgan fingerprint density at radius 2 is 2.39 bits per heavy atom. The summed E-state index contributed by atoms with van der Waals surface area (Å²) in [7, 11) is 0. The van der Waals surface area contributed by atoms with E-state index in [0.717, 1.165) is 35.1 Å². The van der Waals surface area contributed by atoms with Crippen LogP contribution in [0.3, 0.4) is 0 Å². The van der Waals surface area contributed by atoms with Crippen LogP contribution in [-0.2, 0) is 4.74 Å². The molecule has 1 aliphatic heterocycles. The van der Waals surface area contributed by atoms with Crippen molar-refractivity contribution in [3.05, 3.63) is 16.7 Å². The third-order valence-electron chi connectivity index (χ3n) is 3.35. The zero-order chi connectivity index (χ0) is 12.7. The Morgan fingerprint density at radius 3 is 3.17 bits per heavy atom. The van der Waals surface area contributed by atoms with Crippen molar-refractivity contribution in [1.29, 1.82) is 0 Å². The first-order chi connectivity index (χ1) is 8.65. The maximum absolute atomic E-state index is 6.04. The molecule has 0 amide bonds. The molecule has 3 rings (SSSR count). The maximum Gasteiger partial charge on any atom is 0.202 e. The van der Waals surface area contributed by atoms with Gasteiger partial charge in [0.05, 0.1) is 6.10 Å². The molecule has 0 spiro atoms. The second-order valence-electron chi connectivity index (χ2n) is 4.70. The molecule has 6 heteroatoms. The highest BCUT2D eigenvalue weighted by atomic mass is 79.9. The molecule has 5 nitrogen and oxygen atoms in total. The lowest BCUT2D eigenvalue weighted by molar-refractivity contribution is 0.00705. The SMILES string of the molecule is CC1CC(n2c(N)nc3cc(Br)cnc32)CCO1. The van der Waals surface area contributed by atoms with Crippen LogP contribution in [0.2, 0.25) is 0 Å². The van der Waals surface area contributed by atoms with Gasteiger partial charge in [0.15, 0.2) is 5.65 Å². The first kappa shape index (κ1) is 11.9. The number of fused-ring (bicyclic) bond motifs is 1. The topological polar surface area (TPSA) is 66.0 Å². The number of hydrogen-bond acceptors (Lipinski definition) is 4. The Labute approximate surface area is 113 Å². The summed E-state index contributed by atoms with van der Waals surface area (Å²) in [5, 5.41) is 0. The Morgan fingerprint density at radius 1 is 1.56 bits per heavy atom. The highest BCUT2D eigenvalue weighted by molar-refractivity contribution is 9.10. The Kier molecular flexibility index (Phi) is 2.99. The smallest absolute Gasteiger partial charge is 0.202 e. The van der Waals surface area contributed by atoms with Crippen LogP contribution in [0.15, 0.2) is 16.7 Å². The third kappa shape index (κ3) is 1.99. The van der Waals surface area contributed by atoms with E-state index in [4.69, 9.17) is 10.5 Å². The third-order valence-corrected chi connectivity index (χ3v) is 3.78. The van der Waals surface area contributed by atoms with Crippen molar-refractivity contribution < 1.29 is 4.74 Å². The van der Waals surface area contributed by atoms with E-state index in [9.17, 15) is 0 Å². The number of ether oxygens (including phenoxy) is 1. The molecule has 0 radical (unpaired) electrons. The quantitative estimate of drug-likeness (QED) is 0.879. The van der Waals surface area contributed by atoms with E-state index in [1.54, 1.807) is 6.20 Å². The average molecular weight is 311 g/mol. The molecule has 3 heterocycles.